The van der Waals surface area contributed by atoms with Gasteiger partial charge in [0.2, 0.25) is 0 Å². The number of hydrogen-bond donors (Lipinski definition) is 2. The number of nitrogens with zero attached hydrogens (tertiary/aromatic N) is 1. The average molecular weight is 253 g/mol. The van der Waals surface area contributed by atoms with E-state index < -0.39 is 28.8 Å². The highest BCUT2D eigenvalue weighted by Crippen LogP contribution is 2.17. The fourth-order valence-corrected chi connectivity index (χ4v) is 1.37. The van der Waals surface area contributed by atoms with Gasteiger partial charge in [-0.15, -0.1) is 0 Å². The van der Waals surface area contributed by atoms with Crippen molar-refractivity contribution in [2.45, 2.75) is 6.54 Å². The number of carbonyl (C=O) groups is 1. The Hall–Kier alpha value is -2.44. The van der Waals surface area contributed by atoms with E-state index in [0.717, 1.165) is 12.1 Å². The van der Waals surface area contributed by atoms with Crippen LogP contribution in [-0.2, 0) is 6.54 Å². The molecular formula is C11H9F2N3O2. The summed E-state index contributed by atoms with van der Waals surface area (Å²) in [6.45, 7) is 0.0468. The van der Waals surface area contributed by atoms with Gasteiger partial charge in [-0.1, -0.05) is 5.16 Å². The number of carbonyl (C=O) groups excluding carboxylic acids is 1. The Morgan fingerprint density at radius 3 is 2.89 bits per heavy atom. The second-order valence-electron chi connectivity index (χ2n) is 3.53. The van der Waals surface area contributed by atoms with Crippen molar-refractivity contribution in [3.63, 3.8) is 0 Å². The lowest BCUT2D eigenvalue weighted by Gasteiger charge is -2.06. The van der Waals surface area contributed by atoms with Crippen LogP contribution >= 0.6 is 0 Å². The third kappa shape index (κ3) is 2.45. The molecule has 0 aliphatic carbocycles. The van der Waals surface area contributed by atoms with Crippen molar-refractivity contribution in [2.24, 2.45) is 0 Å². The van der Waals surface area contributed by atoms with Crippen molar-refractivity contribution in [1.29, 1.82) is 0 Å². The Bertz CT molecular complexity index is 570. The molecule has 3 N–H and O–H groups in total. The molecule has 0 fully saturated rings. The number of nitrogens with one attached hydrogen (secondary N) is 1. The first-order valence-electron chi connectivity index (χ1n) is 5.00. The van der Waals surface area contributed by atoms with Crippen molar-refractivity contribution in [2.75, 3.05) is 5.73 Å². The SMILES string of the molecule is Nc1cc(F)cc(C(=O)NCc2ccon2)c1F. The van der Waals surface area contributed by atoms with Crippen LogP contribution in [0.25, 0.3) is 0 Å². The van der Waals surface area contributed by atoms with Gasteiger partial charge in [-0.25, -0.2) is 8.78 Å². The summed E-state index contributed by atoms with van der Waals surface area (Å²) < 4.78 is 31.1. The smallest absolute Gasteiger partial charge is 0.254 e. The van der Waals surface area contributed by atoms with E-state index in [2.05, 4.69) is 15.0 Å². The summed E-state index contributed by atoms with van der Waals surface area (Å²) >= 11 is 0. The minimum atomic E-state index is -0.950. The van der Waals surface area contributed by atoms with E-state index in [1.807, 2.05) is 0 Å². The number of amides is 1. The quantitative estimate of drug-likeness (QED) is 0.811. The highest BCUT2D eigenvalue weighted by Gasteiger charge is 2.16. The monoisotopic (exact) mass is 253 g/mol. The first-order chi connectivity index (χ1) is 8.58. The van der Waals surface area contributed by atoms with E-state index in [9.17, 15) is 13.6 Å². The fraction of sp³-hybridized carbons (Fsp3) is 0.0909. The molecule has 0 saturated carbocycles. The van der Waals surface area contributed by atoms with Gasteiger partial charge in [-0.2, -0.15) is 0 Å². The Morgan fingerprint density at radius 2 is 2.22 bits per heavy atom. The molecule has 2 rings (SSSR count). The van der Waals surface area contributed by atoms with Gasteiger partial charge in [0, 0.05) is 6.07 Å². The molecule has 18 heavy (non-hydrogen) atoms. The molecule has 1 heterocycles. The molecular weight excluding hydrogens is 244 g/mol. The van der Waals surface area contributed by atoms with Gasteiger partial charge in [-0.3, -0.25) is 4.79 Å². The number of hydrogen-bond acceptors (Lipinski definition) is 4. The molecule has 0 atom stereocenters. The molecule has 1 aromatic heterocycles. The number of nitrogen functional groups attached to an aromatic ring is 1. The molecule has 0 saturated heterocycles. The number of nitrogens with two attached hydrogens (primary N) is 1. The predicted molar refractivity (Wildman–Crippen MR) is 58.4 cm³/mol. The molecule has 0 spiro atoms. The minimum absolute atomic E-state index is 0.0468. The maximum absolute atomic E-state index is 13.5. The summed E-state index contributed by atoms with van der Waals surface area (Å²) in [4.78, 5) is 11.6. The minimum Gasteiger partial charge on any atom is -0.396 e. The van der Waals surface area contributed by atoms with Crippen LogP contribution in [0.15, 0.2) is 29.0 Å². The van der Waals surface area contributed by atoms with Crippen molar-refractivity contribution in [3.8, 4) is 0 Å². The molecule has 1 amide bonds. The largest absolute Gasteiger partial charge is 0.396 e. The highest BCUT2D eigenvalue weighted by molar-refractivity contribution is 5.95. The Balaban J connectivity index is 2.14. The zero-order valence-electron chi connectivity index (χ0n) is 9.11. The van der Waals surface area contributed by atoms with E-state index in [1.165, 1.54) is 12.3 Å². The summed E-state index contributed by atoms with van der Waals surface area (Å²) in [6, 6.07) is 3.13. The number of rotatable bonds is 3. The summed E-state index contributed by atoms with van der Waals surface area (Å²) in [5, 5.41) is 5.93. The van der Waals surface area contributed by atoms with Crippen LogP contribution in [0.2, 0.25) is 0 Å². The van der Waals surface area contributed by atoms with Gasteiger partial charge in [0.1, 0.15) is 17.8 Å². The summed E-state index contributed by atoms with van der Waals surface area (Å²) in [7, 11) is 0. The van der Waals surface area contributed by atoms with Crippen molar-refractivity contribution < 1.29 is 18.1 Å². The fourth-order valence-electron chi connectivity index (χ4n) is 1.37. The van der Waals surface area contributed by atoms with Crippen LogP contribution in [0.4, 0.5) is 14.5 Å². The molecule has 0 bridgehead atoms. The van der Waals surface area contributed by atoms with E-state index in [-0.39, 0.29) is 6.54 Å². The lowest BCUT2D eigenvalue weighted by Crippen LogP contribution is -2.24. The van der Waals surface area contributed by atoms with Crippen molar-refractivity contribution in [3.05, 3.63) is 47.4 Å². The van der Waals surface area contributed by atoms with Crippen LogP contribution in [0, 0.1) is 11.6 Å². The molecule has 0 aliphatic rings. The third-order valence-corrected chi connectivity index (χ3v) is 2.23. The predicted octanol–water partition coefficient (Wildman–Crippen LogP) is 1.47. The zero-order valence-corrected chi connectivity index (χ0v) is 9.11. The summed E-state index contributed by atoms with van der Waals surface area (Å²) in [5.41, 5.74) is 4.83. The van der Waals surface area contributed by atoms with Gasteiger partial charge in [0.15, 0.2) is 5.82 Å². The first-order valence-corrected chi connectivity index (χ1v) is 5.00. The van der Waals surface area contributed by atoms with E-state index in [4.69, 9.17) is 5.73 Å². The first kappa shape index (κ1) is 12.0. The highest BCUT2D eigenvalue weighted by atomic mass is 19.1. The van der Waals surface area contributed by atoms with Gasteiger partial charge in [0.25, 0.3) is 5.91 Å². The number of benzene rings is 1. The number of halogens is 2. The van der Waals surface area contributed by atoms with Crippen LogP contribution in [-0.4, -0.2) is 11.1 Å². The lowest BCUT2D eigenvalue weighted by atomic mass is 10.1. The van der Waals surface area contributed by atoms with Crippen LogP contribution in [0.3, 0.4) is 0 Å². The Kier molecular flexibility index (Phi) is 3.22. The van der Waals surface area contributed by atoms with Crippen LogP contribution < -0.4 is 11.1 Å². The molecule has 0 aliphatic heterocycles. The van der Waals surface area contributed by atoms with Gasteiger partial charge in [-0.05, 0) is 12.1 Å². The molecule has 0 unspecified atom stereocenters. The molecule has 94 valence electrons. The standard InChI is InChI=1S/C11H9F2N3O2/c12-6-3-8(10(13)9(14)4-6)11(17)15-5-7-1-2-18-16-7/h1-4H,5,14H2,(H,15,17). The third-order valence-electron chi connectivity index (χ3n) is 2.23. The molecule has 5 nitrogen and oxygen atoms in total. The topological polar surface area (TPSA) is 81.2 Å². The second-order valence-corrected chi connectivity index (χ2v) is 3.53. The van der Waals surface area contributed by atoms with Crippen LogP contribution in [0.5, 0.6) is 0 Å². The van der Waals surface area contributed by atoms with E-state index >= 15 is 0 Å². The molecule has 2 aromatic rings. The second kappa shape index (κ2) is 4.82. The maximum atomic E-state index is 13.5. The normalized spacial score (nSPS) is 10.3. The van der Waals surface area contributed by atoms with Crippen molar-refractivity contribution >= 4 is 11.6 Å². The Morgan fingerprint density at radius 1 is 1.44 bits per heavy atom. The lowest BCUT2D eigenvalue weighted by molar-refractivity contribution is 0.0945. The van der Waals surface area contributed by atoms with Gasteiger partial charge in [0.05, 0.1) is 17.8 Å². The molecule has 0 radical (unpaired) electrons. The number of aromatic nitrogens is 1. The Labute approximate surface area is 101 Å². The zero-order chi connectivity index (χ0) is 13.1. The molecule has 7 heteroatoms. The van der Waals surface area contributed by atoms with Gasteiger partial charge >= 0.3 is 0 Å². The summed E-state index contributed by atoms with van der Waals surface area (Å²) in [5.74, 6) is -2.50. The summed E-state index contributed by atoms with van der Waals surface area (Å²) in [6.07, 6.45) is 1.34. The average Bonchev–Trinajstić information content (AvgIpc) is 2.83. The molecule has 1 aromatic carbocycles. The van der Waals surface area contributed by atoms with E-state index in [0.29, 0.717) is 5.69 Å². The number of anilines is 1. The van der Waals surface area contributed by atoms with Gasteiger partial charge < -0.3 is 15.6 Å². The van der Waals surface area contributed by atoms with Crippen LogP contribution in [0.1, 0.15) is 16.1 Å². The maximum Gasteiger partial charge on any atom is 0.254 e. The van der Waals surface area contributed by atoms with Crippen molar-refractivity contribution in [1.82, 2.24) is 10.5 Å². The van der Waals surface area contributed by atoms with E-state index in [1.54, 1.807) is 0 Å².